The van der Waals surface area contributed by atoms with Crippen LogP contribution in [0.3, 0.4) is 0 Å². The second-order valence-corrected chi connectivity index (χ2v) is 7.39. The van der Waals surface area contributed by atoms with Crippen LogP contribution in [-0.4, -0.2) is 41.2 Å². The number of nitrogens with one attached hydrogen (secondary N) is 1. The molecule has 3 amide bonds. The number of likely N-dealkylation sites (tertiary alicyclic amines) is 1. The molecule has 5 atom stereocenters. The Bertz CT molecular complexity index is 851. The van der Waals surface area contributed by atoms with Crippen LogP contribution in [0.15, 0.2) is 36.4 Å². The highest BCUT2D eigenvalue weighted by atomic mass is 19.1. The number of allylic oxidation sites excluding steroid dienone is 2. The number of rotatable bonds is 5. The Hall–Kier alpha value is -3.03. The van der Waals surface area contributed by atoms with Gasteiger partial charge in [-0.15, -0.1) is 0 Å². The van der Waals surface area contributed by atoms with Crippen LogP contribution in [0.1, 0.15) is 13.3 Å². The lowest BCUT2D eigenvalue weighted by molar-refractivity contribution is -0.159. The van der Waals surface area contributed by atoms with Gasteiger partial charge in [-0.05, 0) is 49.4 Å². The van der Waals surface area contributed by atoms with Gasteiger partial charge in [0.2, 0.25) is 11.8 Å². The van der Waals surface area contributed by atoms with E-state index in [4.69, 9.17) is 4.74 Å². The first kappa shape index (κ1) is 18.3. The van der Waals surface area contributed by atoms with Gasteiger partial charge in [0.1, 0.15) is 11.9 Å². The van der Waals surface area contributed by atoms with Gasteiger partial charge in [0.15, 0.2) is 6.61 Å². The van der Waals surface area contributed by atoms with E-state index in [0.717, 1.165) is 11.3 Å². The molecule has 1 aliphatic heterocycles. The number of carbonyl (C=O) groups is 4. The fourth-order valence-electron chi connectivity index (χ4n) is 4.40. The topological polar surface area (TPSA) is 92.8 Å². The third-order valence-corrected chi connectivity index (χ3v) is 5.71. The first-order valence-electron chi connectivity index (χ1n) is 9.14. The molecular formula is C20H19FN2O5. The lowest BCUT2D eigenvalue weighted by atomic mass is 9.85. The van der Waals surface area contributed by atoms with E-state index < -0.39 is 30.3 Å². The predicted octanol–water partition coefficient (Wildman–Crippen LogP) is 1.50. The zero-order chi connectivity index (χ0) is 20.0. The van der Waals surface area contributed by atoms with Crippen LogP contribution in [0.2, 0.25) is 0 Å². The molecule has 8 heteroatoms. The summed E-state index contributed by atoms with van der Waals surface area (Å²) >= 11 is 0. The van der Waals surface area contributed by atoms with E-state index in [0.29, 0.717) is 5.69 Å². The fraction of sp³-hybridized carbons (Fsp3) is 0.400. The second-order valence-electron chi connectivity index (χ2n) is 7.39. The maximum absolute atomic E-state index is 12.9. The van der Waals surface area contributed by atoms with E-state index in [1.807, 2.05) is 12.2 Å². The second kappa shape index (κ2) is 6.85. The molecule has 7 nitrogen and oxygen atoms in total. The number of anilines is 1. The molecule has 4 rings (SSSR count). The van der Waals surface area contributed by atoms with Gasteiger partial charge >= 0.3 is 5.97 Å². The van der Waals surface area contributed by atoms with E-state index in [1.165, 1.54) is 31.2 Å². The number of amides is 3. The van der Waals surface area contributed by atoms with Crippen LogP contribution >= 0.6 is 0 Å². The van der Waals surface area contributed by atoms with Crippen molar-refractivity contribution >= 4 is 29.4 Å². The Kier molecular flexibility index (Phi) is 4.49. The van der Waals surface area contributed by atoms with Crippen LogP contribution in [0, 0.1) is 29.5 Å². The molecule has 3 aliphatic rings. The molecule has 2 aliphatic carbocycles. The van der Waals surface area contributed by atoms with Crippen molar-refractivity contribution in [1.29, 1.82) is 0 Å². The van der Waals surface area contributed by atoms with E-state index in [-0.39, 0.29) is 35.5 Å². The molecule has 1 saturated heterocycles. The van der Waals surface area contributed by atoms with Crippen molar-refractivity contribution in [3.8, 4) is 0 Å². The molecule has 2 bridgehead atoms. The molecule has 0 spiro atoms. The summed E-state index contributed by atoms with van der Waals surface area (Å²) in [4.78, 5) is 50.6. The standard InChI is InChI=1S/C20H19FN2O5/c1-10(20(27)28-9-15(24)22-14-6-4-13(21)5-7-14)23-18(25)16-11-2-3-12(8-11)17(16)19(23)26/h2-7,10-12,16-17H,8-9H2,1H3,(H,22,24)/t10-,11+,12+,16-,17+/m1/s1. The smallest absolute Gasteiger partial charge is 0.329 e. The van der Waals surface area contributed by atoms with Gasteiger partial charge in [-0.3, -0.25) is 19.3 Å². The van der Waals surface area contributed by atoms with Gasteiger partial charge in [-0.25, -0.2) is 9.18 Å². The molecular weight excluding hydrogens is 367 g/mol. The van der Waals surface area contributed by atoms with Gasteiger partial charge in [-0.1, -0.05) is 12.2 Å². The van der Waals surface area contributed by atoms with Crippen molar-refractivity contribution < 1.29 is 28.3 Å². The molecule has 1 heterocycles. The zero-order valence-corrected chi connectivity index (χ0v) is 15.1. The largest absolute Gasteiger partial charge is 0.454 e. The highest BCUT2D eigenvalue weighted by Gasteiger charge is 2.60. The van der Waals surface area contributed by atoms with Gasteiger partial charge in [0, 0.05) is 5.69 Å². The van der Waals surface area contributed by atoms with E-state index in [2.05, 4.69) is 5.32 Å². The van der Waals surface area contributed by atoms with Crippen LogP contribution < -0.4 is 5.32 Å². The summed E-state index contributed by atoms with van der Waals surface area (Å²) in [5, 5.41) is 2.46. The van der Waals surface area contributed by atoms with Crippen LogP contribution in [-0.2, 0) is 23.9 Å². The lowest BCUT2D eigenvalue weighted by Crippen LogP contribution is -2.45. The summed E-state index contributed by atoms with van der Waals surface area (Å²) in [5.41, 5.74) is 0.358. The molecule has 0 aromatic heterocycles. The van der Waals surface area contributed by atoms with E-state index in [9.17, 15) is 23.6 Å². The average molecular weight is 386 g/mol. The van der Waals surface area contributed by atoms with Crippen molar-refractivity contribution in [3.05, 3.63) is 42.2 Å². The normalized spacial score (nSPS) is 28.4. The Morgan fingerprint density at radius 3 is 2.29 bits per heavy atom. The number of halogens is 1. The molecule has 2 fully saturated rings. The van der Waals surface area contributed by atoms with E-state index >= 15 is 0 Å². The third kappa shape index (κ3) is 2.98. The molecule has 1 saturated carbocycles. The number of esters is 1. The van der Waals surface area contributed by atoms with E-state index in [1.54, 1.807) is 0 Å². The quantitative estimate of drug-likeness (QED) is 0.470. The fourth-order valence-corrected chi connectivity index (χ4v) is 4.40. The van der Waals surface area contributed by atoms with Crippen molar-refractivity contribution in [1.82, 2.24) is 4.90 Å². The lowest BCUT2D eigenvalue weighted by Gasteiger charge is -2.23. The summed E-state index contributed by atoms with van der Waals surface area (Å²) in [6, 6.07) is 4.03. The minimum Gasteiger partial charge on any atom is -0.454 e. The number of imide groups is 1. The van der Waals surface area contributed by atoms with Gasteiger partial charge < -0.3 is 10.1 Å². The summed E-state index contributed by atoms with van der Waals surface area (Å²) in [5.74, 6) is -3.21. The molecule has 28 heavy (non-hydrogen) atoms. The van der Waals surface area contributed by atoms with Crippen LogP contribution in [0.25, 0.3) is 0 Å². The maximum Gasteiger partial charge on any atom is 0.329 e. The minimum absolute atomic E-state index is 0.0566. The monoisotopic (exact) mass is 386 g/mol. The number of carbonyl (C=O) groups excluding carboxylic acids is 4. The molecule has 0 unspecified atom stereocenters. The summed E-state index contributed by atoms with van der Waals surface area (Å²) in [6.45, 7) is 0.850. The number of ether oxygens (including phenoxy) is 1. The van der Waals surface area contributed by atoms with Crippen molar-refractivity contribution in [2.45, 2.75) is 19.4 Å². The first-order valence-corrected chi connectivity index (χ1v) is 9.14. The zero-order valence-electron chi connectivity index (χ0n) is 15.1. The van der Waals surface area contributed by atoms with Gasteiger partial charge in [0.05, 0.1) is 11.8 Å². The Morgan fingerprint density at radius 1 is 1.14 bits per heavy atom. The average Bonchev–Trinajstić information content (AvgIpc) is 3.35. The number of hydrogen-bond acceptors (Lipinski definition) is 5. The summed E-state index contributed by atoms with van der Waals surface area (Å²) < 4.78 is 17.8. The van der Waals surface area contributed by atoms with Crippen LogP contribution in [0.5, 0.6) is 0 Å². The van der Waals surface area contributed by atoms with Gasteiger partial charge in [-0.2, -0.15) is 0 Å². The maximum atomic E-state index is 12.9. The Labute approximate surface area is 160 Å². The SMILES string of the molecule is C[C@H](C(=O)OCC(=O)Nc1ccc(F)cc1)N1C(=O)[C@@H]2[C@H](C1=O)[C@H]1C=C[C@H]2C1. The van der Waals surface area contributed by atoms with Crippen molar-refractivity contribution in [3.63, 3.8) is 0 Å². The van der Waals surface area contributed by atoms with Gasteiger partial charge in [0.25, 0.3) is 5.91 Å². The van der Waals surface area contributed by atoms with Crippen LogP contribution in [0.4, 0.5) is 10.1 Å². The third-order valence-electron chi connectivity index (χ3n) is 5.71. The Balaban J connectivity index is 1.34. The Morgan fingerprint density at radius 2 is 1.71 bits per heavy atom. The molecule has 1 aromatic rings. The number of hydrogen-bond donors (Lipinski definition) is 1. The van der Waals surface area contributed by atoms with Crippen molar-refractivity contribution in [2.24, 2.45) is 23.7 Å². The molecule has 0 radical (unpaired) electrons. The number of benzene rings is 1. The molecule has 1 aromatic carbocycles. The highest BCUT2D eigenvalue weighted by Crippen LogP contribution is 2.52. The first-order chi connectivity index (χ1) is 13.4. The number of fused-ring (bicyclic) bond motifs is 5. The number of nitrogens with zero attached hydrogens (tertiary/aromatic N) is 1. The summed E-state index contributed by atoms with van der Waals surface area (Å²) in [6.07, 6.45) is 4.76. The van der Waals surface area contributed by atoms with Crippen molar-refractivity contribution in [2.75, 3.05) is 11.9 Å². The predicted molar refractivity (Wildman–Crippen MR) is 95.0 cm³/mol. The minimum atomic E-state index is -1.09. The molecule has 146 valence electrons. The molecule has 1 N–H and O–H groups in total. The summed E-state index contributed by atoms with van der Waals surface area (Å²) in [7, 11) is 0. The highest BCUT2D eigenvalue weighted by molar-refractivity contribution is 6.09.